The Morgan fingerprint density at radius 3 is 2.65 bits per heavy atom. The largest absolute Gasteiger partial charge is 0.358 e. The molecule has 3 aromatic rings. The van der Waals surface area contributed by atoms with Crippen molar-refractivity contribution in [1.29, 1.82) is 0 Å². The third-order valence-corrected chi connectivity index (χ3v) is 5.68. The van der Waals surface area contributed by atoms with Gasteiger partial charge in [0, 0.05) is 21.5 Å². The summed E-state index contributed by atoms with van der Waals surface area (Å²) < 4.78 is 13.5. The molecule has 0 radical (unpaired) electrons. The SMILES string of the molecule is CCc1sc(C(=O)NNC(=O)Cc2c(C)[nH]c3ccc(F)cc23)cc1C. The van der Waals surface area contributed by atoms with Crippen LogP contribution in [0.15, 0.2) is 24.3 Å². The molecule has 1 aromatic carbocycles. The average molecular weight is 373 g/mol. The van der Waals surface area contributed by atoms with Crippen LogP contribution >= 0.6 is 11.3 Å². The van der Waals surface area contributed by atoms with Gasteiger partial charge >= 0.3 is 0 Å². The second-order valence-corrected chi connectivity index (χ2v) is 7.30. The number of benzene rings is 1. The molecule has 0 aliphatic heterocycles. The number of aryl methyl sites for hydroxylation is 3. The first-order valence-electron chi connectivity index (χ1n) is 8.34. The molecule has 3 N–H and O–H groups in total. The van der Waals surface area contributed by atoms with Gasteiger partial charge in [-0.3, -0.25) is 20.4 Å². The fourth-order valence-electron chi connectivity index (χ4n) is 2.96. The number of rotatable bonds is 4. The van der Waals surface area contributed by atoms with E-state index in [-0.39, 0.29) is 24.1 Å². The van der Waals surface area contributed by atoms with Gasteiger partial charge in [-0.25, -0.2) is 4.39 Å². The van der Waals surface area contributed by atoms with Crippen LogP contribution in [0.3, 0.4) is 0 Å². The zero-order valence-electron chi connectivity index (χ0n) is 14.8. The van der Waals surface area contributed by atoms with E-state index in [9.17, 15) is 14.0 Å². The highest BCUT2D eigenvalue weighted by molar-refractivity contribution is 7.14. The molecular formula is C19H20FN3O2S. The van der Waals surface area contributed by atoms with Crippen LogP contribution in [-0.2, 0) is 17.6 Å². The van der Waals surface area contributed by atoms with Crippen molar-refractivity contribution in [2.75, 3.05) is 0 Å². The lowest BCUT2D eigenvalue weighted by Crippen LogP contribution is -2.42. The third kappa shape index (κ3) is 3.62. The summed E-state index contributed by atoms with van der Waals surface area (Å²) in [7, 11) is 0. The van der Waals surface area contributed by atoms with E-state index in [1.54, 1.807) is 6.07 Å². The molecule has 5 nitrogen and oxygen atoms in total. The number of H-pyrrole nitrogens is 1. The Kier molecular flexibility index (Phi) is 5.08. The van der Waals surface area contributed by atoms with Crippen molar-refractivity contribution in [2.45, 2.75) is 33.6 Å². The fourth-order valence-corrected chi connectivity index (χ4v) is 3.97. The van der Waals surface area contributed by atoms with Gasteiger partial charge in [-0.05, 0) is 55.7 Å². The van der Waals surface area contributed by atoms with E-state index < -0.39 is 0 Å². The summed E-state index contributed by atoms with van der Waals surface area (Å²) in [5, 5.41) is 0.672. The van der Waals surface area contributed by atoms with E-state index in [2.05, 4.69) is 15.8 Å². The summed E-state index contributed by atoms with van der Waals surface area (Å²) in [6.45, 7) is 5.83. The standard InChI is InChI=1S/C19H20FN3O2S/c1-4-16-10(2)7-17(26-16)19(25)23-22-18(24)9-13-11(3)21-15-6-5-12(20)8-14(13)15/h5-8,21H,4,9H2,1-3H3,(H,22,24)(H,23,25). The molecule has 0 spiro atoms. The molecule has 0 aliphatic rings. The molecule has 26 heavy (non-hydrogen) atoms. The van der Waals surface area contributed by atoms with Gasteiger partial charge in [-0.1, -0.05) is 6.92 Å². The maximum absolute atomic E-state index is 13.5. The lowest BCUT2D eigenvalue weighted by atomic mass is 10.1. The maximum atomic E-state index is 13.5. The molecule has 0 saturated carbocycles. The molecule has 7 heteroatoms. The summed E-state index contributed by atoms with van der Waals surface area (Å²) in [5.41, 5.74) is 8.24. The highest BCUT2D eigenvalue weighted by atomic mass is 32.1. The highest BCUT2D eigenvalue weighted by Gasteiger charge is 2.15. The van der Waals surface area contributed by atoms with Gasteiger partial charge in [0.1, 0.15) is 5.82 Å². The highest BCUT2D eigenvalue weighted by Crippen LogP contribution is 2.24. The number of hydrogen-bond acceptors (Lipinski definition) is 3. The number of nitrogens with one attached hydrogen (secondary N) is 3. The van der Waals surface area contributed by atoms with Crippen molar-refractivity contribution in [1.82, 2.24) is 15.8 Å². The minimum absolute atomic E-state index is 0.0409. The summed E-state index contributed by atoms with van der Waals surface area (Å²) >= 11 is 1.42. The van der Waals surface area contributed by atoms with Crippen LogP contribution in [0.1, 0.15) is 38.3 Å². The minimum Gasteiger partial charge on any atom is -0.358 e. The quantitative estimate of drug-likeness (QED) is 0.612. The minimum atomic E-state index is -0.365. The van der Waals surface area contributed by atoms with Crippen LogP contribution in [0.4, 0.5) is 4.39 Å². The number of hydrogen-bond donors (Lipinski definition) is 3. The zero-order valence-corrected chi connectivity index (χ0v) is 15.6. The number of aromatic amines is 1. The molecule has 0 aliphatic carbocycles. The van der Waals surface area contributed by atoms with Crippen molar-refractivity contribution in [3.63, 3.8) is 0 Å². The summed E-state index contributed by atoms with van der Waals surface area (Å²) in [4.78, 5) is 29.3. The molecule has 0 atom stereocenters. The van der Waals surface area contributed by atoms with Gasteiger partial charge in [0.05, 0.1) is 11.3 Å². The summed E-state index contributed by atoms with van der Waals surface area (Å²) in [5.74, 6) is -1.06. The maximum Gasteiger partial charge on any atom is 0.279 e. The van der Waals surface area contributed by atoms with E-state index in [1.165, 1.54) is 23.5 Å². The Morgan fingerprint density at radius 2 is 1.96 bits per heavy atom. The van der Waals surface area contributed by atoms with E-state index in [4.69, 9.17) is 0 Å². The van der Waals surface area contributed by atoms with Gasteiger partial charge in [0.15, 0.2) is 0 Å². The first kappa shape index (κ1) is 18.1. The van der Waals surface area contributed by atoms with Crippen LogP contribution in [0, 0.1) is 19.7 Å². The molecule has 0 saturated heterocycles. The van der Waals surface area contributed by atoms with Crippen molar-refractivity contribution in [3.8, 4) is 0 Å². The number of hydrazine groups is 1. The number of amides is 2. The molecule has 2 aromatic heterocycles. The van der Waals surface area contributed by atoms with E-state index in [0.29, 0.717) is 15.8 Å². The van der Waals surface area contributed by atoms with Crippen molar-refractivity contribution in [2.24, 2.45) is 0 Å². The zero-order chi connectivity index (χ0) is 18.8. The molecular weight excluding hydrogens is 353 g/mol. The first-order chi connectivity index (χ1) is 12.4. The molecule has 0 fully saturated rings. The van der Waals surface area contributed by atoms with Crippen LogP contribution in [0.25, 0.3) is 10.9 Å². The van der Waals surface area contributed by atoms with Crippen LogP contribution < -0.4 is 10.9 Å². The smallest absolute Gasteiger partial charge is 0.279 e. The number of aromatic nitrogens is 1. The Labute approximate surface area is 154 Å². The molecule has 3 rings (SSSR count). The monoisotopic (exact) mass is 373 g/mol. The topological polar surface area (TPSA) is 74.0 Å². The van der Waals surface area contributed by atoms with Crippen molar-refractivity contribution < 1.29 is 14.0 Å². The van der Waals surface area contributed by atoms with E-state index in [0.717, 1.165) is 28.1 Å². The Balaban J connectivity index is 1.67. The number of carbonyl (C=O) groups excluding carboxylic acids is 2. The van der Waals surface area contributed by atoms with Crippen LogP contribution in [-0.4, -0.2) is 16.8 Å². The number of fused-ring (bicyclic) bond motifs is 1. The molecule has 0 unspecified atom stereocenters. The first-order valence-corrected chi connectivity index (χ1v) is 9.16. The van der Waals surface area contributed by atoms with E-state index in [1.807, 2.05) is 26.8 Å². The van der Waals surface area contributed by atoms with Crippen molar-refractivity contribution in [3.05, 3.63) is 56.7 Å². The third-order valence-electron chi connectivity index (χ3n) is 4.30. The normalized spacial score (nSPS) is 10.9. The number of thiophene rings is 1. The van der Waals surface area contributed by atoms with Gasteiger partial charge in [-0.15, -0.1) is 11.3 Å². The predicted molar refractivity (Wildman–Crippen MR) is 101 cm³/mol. The fraction of sp³-hybridized carbons (Fsp3) is 0.263. The van der Waals surface area contributed by atoms with Crippen LogP contribution in [0.2, 0.25) is 0 Å². The Bertz CT molecular complexity index is 990. The number of halogens is 1. The second-order valence-electron chi connectivity index (χ2n) is 6.17. The summed E-state index contributed by atoms with van der Waals surface area (Å²) in [6, 6.07) is 6.24. The van der Waals surface area contributed by atoms with Crippen LogP contribution in [0.5, 0.6) is 0 Å². The molecule has 136 valence electrons. The van der Waals surface area contributed by atoms with E-state index >= 15 is 0 Å². The summed E-state index contributed by atoms with van der Waals surface area (Å²) in [6.07, 6.45) is 0.909. The Morgan fingerprint density at radius 1 is 1.19 bits per heavy atom. The molecule has 0 bridgehead atoms. The lowest BCUT2D eigenvalue weighted by molar-refractivity contribution is -0.121. The average Bonchev–Trinajstić information content (AvgIpc) is 3.13. The number of carbonyl (C=O) groups is 2. The van der Waals surface area contributed by atoms with Crippen molar-refractivity contribution >= 4 is 34.1 Å². The molecule has 2 heterocycles. The van der Waals surface area contributed by atoms with Gasteiger partial charge < -0.3 is 4.98 Å². The van der Waals surface area contributed by atoms with Gasteiger partial charge in [0.25, 0.3) is 5.91 Å². The predicted octanol–water partition coefficient (Wildman–Crippen LogP) is 3.55. The van der Waals surface area contributed by atoms with Gasteiger partial charge in [0.2, 0.25) is 5.91 Å². The lowest BCUT2D eigenvalue weighted by Gasteiger charge is -2.06. The second kappa shape index (κ2) is 7.29. The van der Waals surface area contributed by atoms with Gasteiger partial charge in [-0.2, -0.15) is 0 Å². The Hall–Kier alpha value is -2.67. The molecule has 2 amide bonds.